The van der Waals surface area contributed by atoms with Gasteiger partial charge in [0.2, 0.25) is 17.6 Å². The second-order valence-electron chi connectivity index (χ2n) is 6.67. The van der Waals surface area contributed by atoms with Gasteiger partial charge in [0.25, 0.3) is 5.89 Å². The van der Waals surface area contributed by atoms with Crippen LogP contribution in [0.25, 0.3) is 23.1 Å². The lowest BCUT2D eigenvalue weighted by Gasteiger charge is -2.07. The number of aromatic nitrogens is 5. The number of benzene rings is 2. The minimum atomic E-state index is -0.552. The number of nitrogens with zero attached hydrogens (tertiary/aromatic N) is 5. The number of amides is 1. The fraction of sp³-hybridized carbons (Fsp3) is 0.190. The summed E-state index contributed by atoms with van der Waals surface area (Å²) in [6, 6.07) is 11.2. The fourth-order valence-electron chi connectivity index (χ4n) is 2.91. The van der Waals surface area contributed by atoms with Gasteiger partial charge >= 0.3 is 0 Å². The maximum absolute atomic E-state index is 13.3. The summed E-state index contributed by atoms with van der Waals surface area (Å²) in [6.07, 6.45) is 0. The highest BCUT2D eigenvalue weighted by molar-refractivity contribution is 7.99. The van der Waals surface area contributed by atoms with Gasteiger partial charge in [0.1, 0.15) is 11.6 Å². The highest BCUT2D eigenvalue weighted by Gasteiger charge is 2.20. The van der Waals surface area contributed by atoms with Crippen molar-refractivity contribution in [1.29, 1.82) is 0 Å². The van der Waals surface area contributed by atoms with E-state index >= 15 is 0 Å². The SMILES string of the molecule is CCn1c(SCC(=O)Nc2ccc(F)c(Cl)c2)nnc1-c1nc(-c2ccc(OC)cc2)no1. The van der Waals surface area contributed by atoms with Crippen molar-refractivity contribution < 1.29 is 18.4 Å². The van der Waals surface area contributed by atoms with E-state index in [1.807, 2.05) is 19.1 Å². The number of thioether (sulfide) groups is 1. The van der Waals surface area contributed by atoms with Crippen LogP contribution in [0.2, 0.25) is 5.02 Å². The smallest absolute Gasteiger partial charge is 0.296 e. The molecule has 0 saturated carbocycles. The number of ether oxygens (including phenoxy) is 1. The second kappa shape index (κ2) is 10.0. The van der Waals surface area contributed by atoms with E-state index in [2.05, 4.69) is 25.7 Å². The Labute approximate surface area is 197 Å². The first-order chi connectivity index (χ1) is 16.0. The van der Waals surface area contributed by atoms with Crippen molar-refractivity contribution in [2.45, 2.75) is 18.6 Å². The number of hydrogen-bond acceptors (Lipinski definition) is 8. The van der Waals surface area contributed by atoms with Crippen LogP contribution in [-0.4, -0.2) is 43.7 Å². The van der Waals surface area contributed by atoms with Crippen molar-refractivity contribution in [1.82, 2.24) is 24.9 Å². The number of anilines is 1. The summed E-state index contributed by atoms with van der Waals surface area (Å²) in [5, 5.41) is 15.5. The van der Waals surface area contributed by atoms with Gasteiger partial charge in [-0.25, -0.2) is 4.39 Å². The van der Waals surface area contributed by atoms with Crippen LogP contribution in [0.1, 0.15) is 6.92 Å². The average molecular weight is 489 g/mol. The third kappa shape index (κ3) is 5.15. The van der Waals surface area contributed by atoms with E-state index in [0.717, 1.165) is 11.3 Å². The number of methoxy groups -OCH3 is 1. The maximum atomic E-state index is 13.3. The van der Waals surface area contributed by atoms with E-state index in [1.165, 1.54) is 30.0 Å². The highest BCUT2D eigenvalue weighted by atomic mass is 35.5. The summed E-state index contributed by atoms with van der Waals surface area (Å²) in [5.41, 5.74) is 1.17. The summed E-state index contributed by atoms with van der Waals surface area (Å²) < 4.78 is 25.6. The van der Waals surface area contributed by atoms with Crippen LogP contribution in [0.5, 0.6) is 5.75 Å². The Morgan fingerprint density at radius 1 is 1.24 bits per heavy atom. The molecule has 2 heterocycles. The number of nitrogens with one attached hydrogen (secondary N) is 1. The van der Waals surface area contributed by atoms with Gasteiger partial charge in [0.05, 0.1) is 17.9 Å². The van der Waals surface area contributed by atoms with Gasteiger partial charge < -0.3 is 14.6 Å². The molecule has 0 atom stereocenters. The first kappa shape index (κ1) is 22.7. The topological polar surface area (TPSA) is 108 Å². The summed E-state index contributed by atoms with van der Waals surface area (Å²) in [6.45, 7) is 2.44. The molecule has 0 bridgehead atoms. The van der Waals surface area contributed by atoms with Crippen LogP contribution >= 0.6 is 23.4 Å². The molecule has 170 valence electrons. The Morgan fingerprint density at radius 2 is 2.03 bits per heavy atom. The molecule has 0 fully saturated rings. The van der Waals surface area contributed by atoms with E-state index in [0.29, 0.717) is 29.0 Å². The van der Waals surface area contributed by atoms with E-state index in [9.17, 15) is 9.18 Å². The zero-order valence-electron chi connectivity index (χ0n) is 17.6. The van der Waals surface area contributed by atoms with Gasteiger partial charge in [-0.1, -0.05) is 28.5 Å². The molecule has 9 nitrogen and oxygen atoms in total. The van der Waals surface area contributed by atoms with Crippen molar-refractivity contribution in [3.63, 3.8) is 0 Å². The van der Waals surface area contributed by atoms with Gasteiger partial charge in [-0.2, -0.15) is 4.98 Å². The molecule has 0 aliphatic heterocycles. The largest absolute Gasteiger partial charge is 0.497 e. The number of carbonyl (C=O) groups is 1. The number of rotatable bonds is 8. The van der Waals surface area contributed by atoms with Gasteiger partial charge in [-0.3, -0.25) is 9.36 Å². The molecule has 2 aromatic heterocycles. The van der Waals surface area contributed by atoms with Crippen molar-refractivity contribution in [3.05, 3.63) is 53.3 Å². The normalized spacial score (nSPS) is 10.9. The van der Waals surface area contributed by atoms with Crippen LogP contribution in [0.15, 0.2) is 52.1 Å². The van der Waals surface area contributed by atoms with Gasteiger partial charge in [-0.15, -0.1) is 10.2 Å². The fourth-order valence-corrected chi connectivity index (χ4v) is 3.89. The number of carbonyl (C=O) groups excluding carboxylic acids is 1. The third-order valence-electron chi connectivity index (χ3n) is 4.53. The molecule has 4 rings (SSSR count). The van der Waals surface area contributed by atoms with Crippen molar-refractivity contribution in [3.8, 4) is 28.9 Å². The average Bonchev–Trinajstić information content (AvgIpc) is 3.47. The Morgan fingerprint density at radius 3 is 2.73 bits per heavy atom. The van der Waals surface area contributed by atoms with Crippen LogP contribution in [0.4, 0.5) is 10.1 Å². The molecular formula is C21H18ClFN6O3S. The minimum Gasteiger partial charge on any atom is -0.497 e. The number of hydrogen-bond donors (Lipinski definition) is 1. The van der Waals surface area contributed by atoms with Gasteiger partial charge in [-0.05, 0) is 49.4 Å². The molecule has 0 radical (unpaired) electrons. The second-order valence-corrected chi connectivity index (χ2v) is 8.02. The predicted octanol–water partition coefficient (Wildman–Crippen LogP) is 4.55. The van der Waals surface area contributed by atoms with Gasteiger partial charge in [0, 0.05) is 17.8 Å². The third-order valence-corrected chi connectivity index (χ3v) is 5.79. The first-order valence-corrected chi connectivity index (χ1v) is 11.1. The molecule has 0 saturated heterocycles. The zero-order chi connectivity index (χ0) is 23.4. The molecule has 0 aliphatic rings. The summed E-state index contributed by atoms with van der Waals surface area (Å²) in [4.78, 5) is 16.7. The molecule has 12 heteroatoms. The molecule has 1 amide bonds. The lowest BCUT2D eigenvalue weighted by molar-refractivity contribution is -0.113. The quantitative estimate of drug-likeness (QED) is 0.360. The summed E-state index contributed by atoms with van der Waals surface area (Å²) in [7, 11) is 1.59. The molecule has 0 unspecified atom stereocenters. The standard InChI is InChI=1S/C21H18ClFN6O3S/c1-3-29-19(20-25-18(28-32-20)12-4-7-14(31-2)8-5-12)26-27-21(29)33-11-17(30)24-13-6-9-16(23)15(22)10-13/h4-10H,3,11H2,1-2H3,(H,24,30). The van der Waals surface area contributed by atoms with E-state index < -0.39 is 5.82 Å². The van der Waals surface area contributed by atoms with Crippen LogP contribution < -0.4 is 10.1 Å². The Bertz CT molecular complexity index is 1280. The Hall–Kier alpha value is -3.44. The monoisotopic (exact) mass is 488 g/mol. The zero-order valence-corrected chi connectivity index (χ0v) is 19.2. The molecule has 4 aromatic rings. The van der Waals surface area contributed by atoms with Crippen LogP contribution in [0, 0.1) is 5.82 Å². The maximum Gasteiger partial charge on any atom is 0.296 e. The number of halogens is 2. The summed E-state index contributed by atoms with van der Waals surface area (Å²) in [5.74, 6) is 0.962. The molecule has 2 aromatic carbocycles. The lowest BCUT2D eigenvalue weighted by Crippen LogP contribution is -2.14. The Kier molecular flexibility index (Phi) is 6.90. The van der Waals surface area contributed by atoms with Crippen LogP contribution in [-0.2, 0) is 11.3 Å². The van der Waals surface area contributed by atoms with Crippen LogP contribution in [0.3, 0.4) is 0 Å². The Balaban J connectivity index is 1.45. The lowest BCUT2D eigenvalue weighted by atomic mass is 10.2. The van der Waals surface area contributed by atoms with E-state index in [-0.39, 0.29) is 22.6 Å². The molecule has 0 aliphatic carbocycles. The van der Waals surface area contributed by atoms with Crippen molar-refractivity contribution in [2.75, 3.05) is 18.2 Å². The highest BCUT2D eigenvalue weighted by Crippen LogP contribution is 2.26. The molecule has 0 spiro atoms. The van der Waals surface area contributed by atoms with Crippen molar-refractivity contribution in [2.24, 2.45) is 0 Å². The predicted molar refractivity (Wildman–Crippen MR) is 122 cm³/mol. The van der Waals surface area contributed by atoms with E-state index in [4.69, 9.17) is 20.9 Å². The molecular weight excluding hydrogens is 471 g/mol. The first-order valence-electron chi connectivity index (χ1n) is 9.78. The van der Waals surface area contributed by atoms with Gasteiger partial charge in [0.15, 0.2) is 5.16 Å². The van der Waals surface area contributed by atoms with E-state index in [1.54, 1.807) is 23.8 Å². The molecule has 1 N–H and O–H groups in total. The van der Waals surface area contributed by atoms with Crippen molar-refractivity contribution >= 4 is 35.0 Å². The summed E-state index contributed by atoms with van der Waals surface area (Å²) >= 11 is 6.94. The molecule has 33 heavy (non-hydrogen) atoms. The minimum absolute atomic E-state index is 0.0636.